The number of benzene rings is 1. The number of pyridine rings is 1. The summed E-state index contributed by atoms with van der Waals surface area (Å²) in [5, 5.41) is 21.7. The van der Waals surface area contributed by atoms with Crippen molar-refractivity contribution < 1.29 is 31.5 Å². The Labute approximate surface area is 219 Å². The Morgan fingerprint density at radius 2 is 1.87 bits per heavy atom. The highest BCUT2D eigenvalue weighted by molar-refractivity contribution is 7.92. The summed E-state index contributed by atoms with van der Waals surface area (Å²) in [5.74, 6) is -0.584. The van der Waals surface area contributed by atoms with E-state index in [1.165, 1.54) is 35.4 Å². The van der Waals surface area contributed by atoms with Crippen molar-refractivity contribution in [2.45, 2.75) is 19.3 Å². The third kappa shape index (κ3) is 4.83. The highest BCUT2D eigenvalue weighted by Crippen LogP contribution is 2.40. The average molecular weight is 563 g/mol. The fourth-order valence-corrected chi connectivity index (χ4v) is 4.99. The molecule has 0 saturated carbocycles. The van der Waals surface area contributed by atoms with Crippen LogP contribution in [0.2, 0.25) is 0 Å². The predicted molar refractivity (Wildman–Crippen MR) is 133 cm³/mol. The van der Waals surface area contributed by atoms with Gasteiger partial charge in [-0.3, -0.25) is 19.1 Å². The zero-order chi connectivity index (χ0) is 28.3. The normalized spacial score (nSPS) is 13.7. The SMILES string of the molecule is Cn1cnnc1-c1cnn(C)c1-c1cc(NS(C)(=O)=O)nc(N2Cc3c(cc(CO)cc3C(F)(F)F)C2=O)c1. The minimum atomic E-state index is -4.77. The van der Waals surface area contributed by atoms with Gasteiger partial charge in [-0.1, -0.05) is 0 Å². The zero-order valence-corrected chi connectivity index (χ0v) is 21.5. The molecule has 0 radical (unpaired) electrons. The molecule has 3 aromatic heterocycles. The largest absolute Gasteiger partial charge is 0.416 e. The van der Waals surface area contributed by atoms with Crippen molar-refractivity contribution in [3.8, 4) is 22.6 Å². The summed E-state index contributed by atoms with van der Waals surface area (Å²) in [6.07, 6.45) is -0.839. The number of nitrogens with zero attached hydrogens (tertiary/aromatic N) is 7. The number of alkyl halides is 3. The Hall–Kier alpha value is -4.31. The number of aliphatic hydroxyl groups excluding tert-OH is 1. The minimum absolute atomic E-state index is 0.0689. The maximum Gasteiger partial charge on any atom is 0.416 e. The Balaban J connectivity index is 1.68. The molecule has 1 amide bonds. The Morgan fingerprint density at radius 3 is 2.49 bits per heavy atom. The third-order valence-corrected chi connectivity index (χ3v) is 6.71. The summed E-state index contributed by atoms with van der Waals surface area (Å²) in [7, 11) is -0.454. The van der Waals surface area contributed by atoms with Crippen molar-refractivity contribution in [3.63, 3.8) is 0 Å². The maximum absolute atomic E-state index is 13.8. The zero-order valence-electron chi connectivity index (χ0n) is 20.7. The predicted octanol–water partition coefficient (Wildman–Crippen LogP) is 2.32. The first kappa shape index (κ1) is 26.3. The van der Waals surface area contributed by atoms with Gasteiger partial charge < -0.3 is 9.67 Å². The number of halogens is 3. The lowest BCUT2D eigenvalue weighted by Crippen LogP contribution is -2.25. The van der Waals surface area contributed by atoms with E-state index < -0.39 is 40.8 Å². The van der Waals surface area contributed by atoms with Crippen LogP contribution < -0.4 is 9.62 Å². The topological polar surface area (TPSA) is 148 Å². The second-order valence-corrected chi connectivity index (χ2v) is 10.7. The Morgan fingerprint density at radius 1 is 1.13 bits per heavy atom. The molecule has 0 atom stereocenters. The average Bonchev–Trinajstić information content (AvgIpc) is 3.53. The summed E-state index contributed by atoms with van der Waals surface area (Å²) in [4.78, 5) is 18.6. The molecule has 1 aromatic carbocycles. The first-order valence-electron chi connectivity index (χ1n) is 11.3. The van der Waals surface area contributed by atoms with Gasteiger partial charge in [0.25, 0.3) is 5.91 Å². The van der Waals surface area contributed by atoms with E-state index in [9.17, 15) is 31.5 Å². The number of aliphatic hydroxyl groups is 1. The van der Waals surface area contributed by atoms with Gasteiger partial charge >= 0.3 is 6.18 Å². The first-order valence-corrected chi connectivity index (χ1v) is 13.2. The smallest absolute Gasteiger partial charge is 0.392 e. The molecule has 39 heavy (non-hydrogen) atoms. The molecule has 4 heterocycles. The number of rotatable bonds is 6. The highest BCUT2D eigenvalue weighted by atomic mass is 32.2. The van der Waals surface area contributed by atoms with Gasteiger partial charge in [-0.05, 0) is 35.4 Å². The van der Waals surface area contributed by atoms with E-state index >= 15 is 0 Å². The number of carbonyl (C=O) groups excluding carboxylic acids is 1. The molecule has 0 spiro atoms. The van der Waals surface area contributed by atoms with Gasteiger partial charge in [0.15, 0.2) is 5.82 Å². The van der Waals surface area contributed by atoms with E-state index in [1.54, 1.807) is 18.7 Å². The van der Waals surface area contributed by atoms with Crippen LogP contribution in [0.25, 0.3) is 22.6 Å². The number of hydrogen-bond acceptors (Lipinski definition) is 8. The fraction of sp³-hybridized carbons (Fsp3) is 0.261. The van der Waals surface area contributed by atoms with E-state index in [2.05, 4.69) is 25.0 Å². The number of aryl methyl sites for hydroxylation is 2. The van der Waals surface area contributed by atoms with Crippen molar-refractivity contribution in [3.05, 3.63) is 59.0 Å². The standard InChI is InChI=1S/C23H21F3N8O4S/c1-32-11-27-30-21(32)15-8-28-33(2)20(15)13-6-18(31-39(3,37)38)29-19(7-13)34-9-16-14(22(34)36)4-12(10-35)5-17(16)23(24,25)26/h4-8,11,35H,9-10H2,1-3H3,(H,29,31). The molecule has 1 aliphatic heterocycles. The number of sulfonamides is 1. The number of aromatic nitrogens is 6. The van der Waals surface area contributed by atoms with Gasteiger partial charge in [0, 0.05) is 25.2 Å². The van der Waals surface area contributed by atoms with Crippen LogP contribution in [0.15, 0.2) is 36.8 Å². The van der Waals surface area contributed by atoms with Crippen LogP contribution in [0.3, 0.4) is 0 Å². The summed E-state index contributed by atoms with van der Waals surface area (Å²) in [6.45, 7) is -1.16. The first-order chi connectivity index (χ1) is 18.3. The van der Waals surface area contributed by atoms with Crippen LogP contribution in [-0.4, -0.2) is 55.2 Å². The molecule has 0 saturated heterocycles. The Kier molecular flexibility index (Phi) is 6.18. The molecule has 2 N–H and O–H groups in total. The van der Waals surface area contributed by atoms with Crippen LogP contribution in [0.4, 0.5) is 24.8 Å². The molecule has 0 unspecified atom stereocenters. The van der Waals surface area contributed by atoms with Crippen molar-refractivity contribution in [1.82, 2.24) is 29.5 Å². The quantitative estimate of drug-likeness (QED) is 0.364. The van der Waals surface area contributed by atoms with Gasteiger partial charge in [0.1, 0.15) is 18.0 Å². The lowest BCUT2D eigenvalue weighted by atomic mass is 9.99. The molecule has 204 valence electrons. The van der Waals surface area contributed by atoms with E-state index in [-0.39, 0.29) is 28.3 Å². The van der Waals surface area contributed by atoms with Gasteiger partial charge in [-0.15, -0.1) is 10.2 Å². The summed E-state index contributed by atoms with van der Waals surface area (Å²) in [5.41, 5.74) is -0.242. The van der Waals surface area contributed by atoms with Crippen LogP contribution >= 0.6 is 0 Å². The number of anilines is 2. The van der Waals surface area contributed by atoms with E-state index in [1.807, 2.05) is 0 Å². The van der Waals surface area contributed by atoms with Crippen molar-refractivity contribution in [2.75, 3.05) is 15.9 Å². The summed E-state index contributed by atoms with van der Waals surface area (Å²) in [6, 6.07) is 4.88. The highest BCUT2D eigenvalue weighted by Gasteiger charge is 2.41. The lowest BCUT2D eigenvalue weighted by Gasteiger charge is -2.18. The van der Waals surface area contributed by atoms with Gasteiger partial charge in [0.2, 0.25) is 10.0 Å². The molecular formula is C23H21F3N8O4S. The molecular weight excluding hydrogens is 541 g/mol. The van der Waals surface area contributed by atoms with E-state index in [4.69, 9.17) is 0 Å². The molecule has 16 heteroatoms. The molecule has 1 aliphatic rings. The molecule has 4 aromatic rings. The summed E-state index contributed by atoms with van der Waals surface area (Å²) >= 11 is 0. The number of amides is 1. The van der Waals surface area contributed by atoms with Crippen LogP contribution in [0, 0.1) is 0 Å². The molecule has 5 rings (SSSR count). The molecule has 0 bridgehead atoms. The molecule has 0 fully saturated rings. The number of nitrogens with one attached hydrogen (secondary N) is 1. The number of fused-ring (bicyclic) bond motifs is 1. The second-order valence-electron chi connectivity index (χ2n) is 8.99. The van der Waals surface area contributed by atoms with Crippen molar-refractivity contribution in [2.24, 2.45) is 14.1 Å². The fourth-order valence-electron chi connectivity index (χ4n) is 4.50. The lowest BCUT2D eigenvalue weighted by molar-refractivity contribution is -0.138. The number of carbonyl (C=O) groups is 1. The third-order valence-electron chi connectivity index (χ3n) is 6.13. The van der Waals surface area contributed by atoms with Crippen LogP contribution in [0.1, 0.15) is 27.0 Å². The van der Waals surface area contributed by atoms with E-state index in [0.717, 1.165) is 17.2 Å². The number of hydrogen-bond donors (Lipinski definition) is 2. The second kappa shape index (κ2) is 9.16. The summed E-state index contributed by atoms with van der Waals surface area (Å²) < 4.78 is 71.0. The monoisotopic (exact) mass is 562 g/mol. The minimum Gasteiger partial charge on any atom is -0.392 e. The Bertz CT molecular complexity index is 1730. The maximum atomic E-state index is 13.8. The van der Waals surface area contributed by atoms with Crippen molar-refractivity contribution in [1.29, 1.82) is 0 Å². The van der Waals surface area contributed by atoms with Gasteiger partial charge in [0.05, 0.1) is 42.4 Å². The van der Waals surface area contributed by atoms with Gasteiger partial charge in [-0.25, -0.2) is 13.4 Å². The van der Waals surface area contributed by atoms with Crippen LogP contribution in [0.5, 0.6) is 0 Å². The van der Waals surface area contributed by atoms with Gasteiger partial charge in [-0.2, -0.15) is 18.3 Å². The van der Waals surface area contributed by atoms with E-state index in [0.29, 0.717) is 22.6 Å². The van der Waals surface area contributed by atoms with Crippen molar-refractivity contribution >= 4 is 27.6 Å². The molecule has 12 nitrogen and oxygen atoms in total. The molecule has 0 aliphatic carbocycles. The van der Waals surface area contributed by atoms with Crippen LogP contribution in [-0.2, 0) is 43.4 Å².